The van der Waals surface area contributed by atoms with Crippen molar-refractivity contribution in [2.24, 2.45) is 0 Å². The molecule has 0 unspecified atom stereocenters. The van der Waals surface area contributed by atoms with Crippen LogP contribution in [0.25, 0.3) is 0 Å². The second-order valence-electron chi connectivity index (χ2n) is 2.02. The molecule has 0 heterocycles. The highest BCUT2D eigenvalue weighted by Gasteiger charge is 1.97. The number of halogens is 2. The molecular weight excluding hydrogens is 173 g/mol. The maximum absolute atomic E-state index is 8.49. The molecular formula is C6H11Cl2NO. The first-order valence-corrected chi connectivity index (χ1v) is 3.76. The monoisotopic (exact) mass is 183 g/mol. The van der Waals surface area contributed by atoms with Crippen molar-refractivity contribution < 1.29 is 5.11 Å². The molecule has 0 aromatic heterocycles. The van der Waals surface area contributed by atoms with Crippen LogP contribution in [0.1, 0.15) is 0 Å². The summed E-state index contributed by atoms with van der Waals surface area (Å²) >= 11 is 10.9. The Morgan fingerprint density at radius 1 is 1.70 bits per heavy atom. The number of hydrogen-bond donors (Lipinski definition) is 1. The molecule has 10 heavy (non-hydrogen) atoms. The van der Waals surface area contributed by atoms with Gasteiger partial charge in [0.05, 0.1) is 6.61 Å². The van der Waals surface area contributed by atoms with Gasteiger partial charge in [-0.05, 0) is 7.05 Å². The van der Waals surface area contributed by atoms with E-state index in [-0.39, 0.29) is 6.61 Å². The fraction of sp³-hybridized carbons (Fsp3) is 0.667. The van der Waals surface area contributed by atoms with E-state index < -0.39 is 0 Å². The Morgan fingerprint density at radius 2 is 2.30 bits per heavy atom. The fourth-order valence-electron chi connectivity index (χ4n) is 0.542. The zero-order valence-electron chi connectivity index (χ0n) is 5.85. The van der Waals surface area contributed by atoms with Crippen LogP contribution in [0.15, 0.2) is 10.6 Å². The normalized spacial score (nSPS) is 12.7. The van der Waals surface area contributed by atoms with Gasteiger partial charge in [-0.25, -0.2) is 0 Å². The maximum Gasteiger partial charge on any atom is 0.0558 e. The summed E-state index contributed by atoms with van der Waals surface area (Å²) in [6, 6.07) is 0. The molecule has 0 aliphatic heterocycles. The summed E-state index contributed by atoms with van der Waals surface area (Å²) in [7, 11) is 1.86. The molecule has 0 spiro atoms. The molecule has 0 aromatic rings. The van der Waals surface area contributed by atoms with Crippen LogP contribution in [0.3, 0.4) is 0 Å². The first-order valence-electron chi connectivity index (χ1n) is 2.95. The van der Waals surface area contributed by atoms with Crippen molar-refractivity contribution in [2.45, 2.75) is 0 Å². The molecule has 0 aliphatic carbocycles. The molecule has 0 aliphatic rings. The predicted molar refractivity (Wildman–Crippen MR) is 44.4 cm³/mol. The first kappa shape index (κ1) is 10.2. The molecule has 60 valence electrons. The molecule has 0 amide bonds. The minimum Gasteiger partial charge on any atom is -0.395 e. The quantitative estimate of drug-likeness (QED) is 0.710. The fourth-order valence-corrected chi connectivity index (χ4v) is 0.815. The summed E-state index contributed by atoms with van der Waals surface area (Å²) < 4.78 is 0. The Labute approximate surface area is 71.0 Å². The van der Waals surface area contributed by atoms with Crippen molar-refractivity contribution >= 4 is 23.2 Å². The molecule has 2 nitrogen and oxygen atoms in total. The molecule has 0 atom stereocenters. The molecule has 1 N–H and O–H groups in total. The number of likely N-dealkylation sites (N-methyl/N-ethyl adjacent to an activating group) is 1. The van der Waals surface area contributed by atoms with E-state index in [1.54, 1.807) is 0 Å². The van der Waals surface area contributed by atoms with Gasteiger partial charge in [0.15, 0.2) is 0 Å². The Kier molecular flexibility index (Phi) is 6.13. The zero-order valence-corrected chi connectivity index (χ0v) is 7.36. The van der Waals surface area contributed by atoms with E-state index in [9.17, 15) is 0 Å². The molecule has 0 saturated heterocycles. The highest BCUT2D eigenvalue weighted by molar-refractivity contribution is 6.36. The molecule has 0 radical (unpaired) electrons. The lowest BCUT2D eigenvalue weighted by Crippen LogP contribution is -2.23. The van der Waals surface area contributed by atoms with Gasteiger partial charge >= 0.3 is 0 Å². The van der Waals surface area contributed by atoms with Crippen molar-refractivity contribution in [2.75, 3.05) is 26.7 Å². The van der Waals surface area contributed by atoms with Gasteiger partial charge < -0.3 is 5.11 Å². The van der Waals surface area contributed by atoms with Crippen molar-refractivity contribution in [1.29, 1.82) is 0 Å². The minimum absolute atomic E-state index is 0.142. The molecule has 4 heteroatoms. The van der Waals surface area contributed by atoms with E-state index in [0.717, 1.165) is 0 Å². The van der Waals surface area contributed by atoms with E-state index in [1.165, 1.54) is 5.54 Å². The summed E-state index contributed by atoms with van der Waals surface area (Å²) in [5.74, 6) is 0. The Bertz CT molecular complexity index is 116. The molecule has 0 bridgehead atoms. The summed E-state index contributed by atoms with van der Waals surface area (Å²) in [4.78, 5) is 1.88. The Hall–Kier alpha value is 0.240. The average molecular weight is 184 g/mol. The van der Waals surface area contributed by atoms with Gasteiger partial charge in [0.1, 0.15) is 0 Å². The largest absolute Gasteiger partial charge is 0.395 e. The first-order chi connectivity index (χ1) is 4.70. The third-order valence-electron chi connectivity index (χ3n) is 1.02. The van der Waals surface area contributed by atoms with Crippen LogP contribution in [0, 0.1) is 0 Å². The standard InChI is InChI=1S/C6H11Cl2NO/c1-9(2-3-10)5-6(8)4-7/h4,10H,2-3,5H2,1H3. The van der Waals surface area contributed by atoms with E-state index in [2.05, 4.69) is 0 Å². The Balaban J connectivity index is 3.47. The maximum atomic E-state index is 8.49. The van der Waals surface area contributed by atoms with Crippen LogP contribution >= 0.6 is 23.2 Å². The SMILES string of the molecule is CN(CCO)CC(Cl)=CCl. The highest BCUT2D eigenvalue weighted by Crippen LogP contribution is 2.03. The van der Waals surface area contributed by atoms with Crippen LogP contribution < -0.4 is 0 Å². The van der Waals surface area contributed by atoms with Gasteiger partial charge in [-0.1, -0.05) is 23.2 Å². The molecule has 0 fully saturated rings. The summed E-state index contributed by atoms with van der Waals surface area (Å²) in [6.07, 6.45) is 0. The smallest absolute Gasteiger partial charge is 0.0558 e. The van der Waals surface area contributed by atoms with Crippen LogP contribution in [0.2, 0.25) is 0 Å². The van der Waals surface area contributed by atoms with Crippen LogP contribution in [0.5, 0.6) is 0 Å². The lowest BCUT2D eigenvalue weighted by Gasteiger charge is -2.12. The topological polar surface area (TPSA) is 23.5 Å². The predicted octanol–water partition coefficient (Wildman–Crippen LogP) is 1.23. The lowest BCUT2D eigenvalue weighted by atomic mass is 10.5. The van der Waals surface area contributed by atoms with Gasteiger partial charge in [-0.15, -0.1) is 0 Å². The minimum atomic E-state index is 0.142. The van der Waals surface area contributed by atoms with E-state index in [4.69, 9.17) is 28.3 Å². The summed E-state index contributed by atoms with van der Waals surface area (Å²) in [6.45, 7) is 1.34. The highest BCUT2D eigenvalue weighted by atomic mass is 35.5. The average Bonchev–Trinajstić information content (AvgIpc) is 1.88. The van der Waals surface area contributed by atoms with Crippen molar-refractivity contribution in [3.63, 3.8) is 0 Å². The number of nitrogens with zero attached hydrogens (tertiary/aromatic N) is 1. The summed E-state index contributed by atoms with van der Waals surface area (Å²) in [5.41, 5.74) is 1.33. The third-order valence-corrected chi connectivity index (χ3v) is 1.62. The second kappa shape index (κ2) is 5.98. The van der Waals surface area contributed by atoms with Gasteiger partial charge in [0.2, 0.25) is 0 Å². The van der Waals surface area contributed by atoms with Gasteiger partial charge in [-0.3, -0.25) is 4.90 Å². The van der Waals surface area contributed by atoms with Crippen LogP contribution in [-0.2, 0) is 0 Å². The van der Waals surface area contributed by atoms with Gasteiger partial charge in [0.25, 0.3) is 0 Å². The molecule has 0 aromatic carbocycles. The number of aliphatic hydroxyl groups is 1. The van der Waals surface area contributed by atoms with Crippen molar-refractivity contribution in [3.8, 4) is 0 Å². The second-order valence-corrected chi connectivity index (χ2v) is 2.72. The lowest BCUT2D eigenvalue weighted by molar-refractivity contribution is 0.231. The molecule has 0 saturated carbocycles. The Morgan fingerprint density at radius 3 is 2.70 bits per heavy atom. The van der Waals surface area contributed by atoms with Crippen LogP contribution in [-0.4, -0.2) is 36.8 Å². The van der Waals surface area contributed by atoms with Gasteiger partial charge in [0, 0.05) is 23.7 Å². The van der Waals surface area contributed by atoms with Crippen LogP contribution in [0.4, 0.5) is 0 Å². The number of hydrogen-bond acceptors (Lipinski definition) is 2. The van der Waals surface area contributed by atoms with E-state index in [0.29, 0.717) is 18.1 Å². The van der Waals surface area contributed by atoms with E-state index >= 15 is 0 Å². The molecule has 0 rings (SSSR count). The van der Waals surface area contributed by atoms with Crippen molar-refractivity contribution in [3.05, 3.63) is 10.6 Å². The number of aliphatic hydroxyl groups excluding tert-OH is 1. The van der Waals surface area contributed by atoms with E-state index in [1.807, 2.05) is 11.9 Å². The summed E-state index contributed by atoms with van der Waals surface area (Å²) in [5, 5.41) is 9.07. The van der Waals surface area contributed by atoms with Gasteiger partial charge in [-0.2, -0.15) is 0 Å². The zero-order chi connectivity index (χ0) is 7.98. The third kappa shape index (κ3) is 5.06. The number of rotatable bonds is 4. The van der Waals surface area contributed by atoms with Crippen molar-refractivity contribution in [1.82, 2.24) is 4.90 Å².